The summed E-state index contributed by atoms with van der Waals surface area (Å²) in [6.07, 6.45) is 3.06. The van der Waals surface area contributed by atoms with Crippen molar-refractivity contribution in [3.8, 4) is 5.69 Å². The molecule has 1 saturated heterocycles. The maximum Gasteiger partial charge on any atom is 0.272 e. The van der Waals surface area contributed by atoms with Gasteiger partial charge in [-0.25, -0.2) is 9.37 Å². The lowest BCUT2D eigenvalue weighted by molar-refractivity contribution is -0.384. The Labute approximate surface area is 172 Å². The standard InChI is InChI=1S/C21H20FN5O3/c22-17-4-6-18(7-5-17)26-15-23-13-20(26)21(28)25-10-8-24(9-11-25)14-16-2-1-3-19(12-16)27(29)30/h1-7,12-13,15H,8-11,14H2. The number of benzene rings is 2. The van der Waals surface area contributed by atoms with E-state index >= 15 is 0 Å². The number of piperazine rings is 1. The molecule has 2 aromatic carbocycles. The van der Waals surface area contributed by atoms with Crippen molar-refractivity contribution in [3.63, 3.8) is 0 Å². The summed E-state index contributed by atoms with van der Waals surface area (Å²) >= 11 is 0. The van der Waals surface area contributed by atoms with Gasteiger partial charge in [-0.15, -0.1) is 0 Å². The van der Waals surface area contributed by atoms with Crippen molar-refractivity contribution in [1.82, 2.24) is 19.4 Å². The number of nitrogens with zero attached hydrogens (tertiary/aromatic N) is 5. The molecule has 0 unspecified atom stereocenters. The van der Waals surface area contributed by atoms with Crippen molar-refractivity contribution in [2.24, 2.45) is 0 Å². The van der Waals surface area contributed by atoms with Gasteiger partial charge in [-0.2, -0.15) is 0 Å². The first-order valence-electron chi connectivity index (χ1n) is 9.54. The number of carbonyl (C=O) groups excluding carboxylic acids is 1. The van der Waals surface area contributed by atoms with Crippen LogP contribution in [0.4, 0.5) is 10.1 Å². The van der Waals surface area contributed by atoms with Crippen molar-refractivity contribution >= 4 is 11.6 Å². The molecule has 1 aliphatic heterocycles. The Kier molecular flexibility index (Phi) is 5.53. The Hall–Kier alpha value is -3.59. The molecule has 1 aromatic heterocycles. The van der Waals surface area contributed by atoms with Crippen molar-refractivity contribution in [3.05, 3.63) is 88.2 Å². The summed E-state index contributed by atoms with van der Waals surface area (Å²) in [6.45, 7) is 3.01. The zero-order valence-corrected chi connectivity index (χ0v) is 16.1. The van der Waals surface area contributed by atoms with Gasteiger partial charge in [0.1, 0.15) is 11.5 Å². The molecule has 154 valence electrons. The van der Waals surface area contributed by atoms with Crippen molar-refractivity contribution in [2.45, 2.75) is 6.54 Å². The van der Waals surface area contributed by atoms with E-state index in [1.807, 2.05) is 6.07 Å². The Balaban J connectivity index is 1.40. The van der Waals surface area contributed by atoms with Crippen molar-refractivity contribution in [1.29, 1.82) is 0 Å². The number of hydrogen-bond acceptors (Lipinski definition) is 5. The fraction of sp³-hybridized carbons (Fsp3) is 0.238. The van der Waals surface area contributed by atoms with Gasteiger partial charge in [0.25, 0.3) is 11.6 Å². The lowest BCUT2D eigenvalue weighted by Crippen LogP contribution is -2.48. The normalized spacial score (nSPS) is 14.6. The van der Waals surface area contributed by atoms with Gasteiger partial charge in [-0.1, -0.05) is 12.1 Å². The summed E-state index contributed by atoms with van der Waals surface area (Å²) in [6, 6.07) is 12.5. The van der Waals surface area contributed by atoms with Crippen molar-refractivity contribution in [2.75, 3.05) is 26.2 Å². The smallest absolute Gasteiger partial charge is 0.272 e. The lowest BCUT2D eigenvalue weighted by Gasteiger charge is -2.34. The minimum absolute atomic E-state index is 0.0790. The third-order valence-corrected chi connectivity index (χ3v) is 5.15. The van der Waals surface area contributed by atoms with Crippen LogP contribution in [0.1, 0.15) is 16.1 Å². The molecule has 0 aliphatic carbocycles. The number of non-ortho nitro benzene ring substituents is 1. The molecule has 0 spiro atoms. The van der Waals surface area contributed by atoms with Gasteiger partial charge in [0.2, 0.25) is 0 Å². The van der Waals surface area contributed by atoms with E-state index in [1.165, 1.54) is 24.4 Å². The minimum atomic E-state index is -0.398. The van der Waals surface area contributed by atoms with E-state index in [4.69, 9.17) is 0 Å². The first kappa shape index (κ1) is 19.7. The summed E-state index contributed by atoms with van der Waals surface area (Å²) < 4.78 is 14.8. The molecule has 1 fully saturated rings. The summed E-state index contributed by atoms with van der Waals surface area (Å²) in [5.74, 6) is -0.474. The number of hydrogen-bond donors (Lipinski definition) is 0. The molecule has 4 rings (SSSR count). The van der Waals surface area contributed by atoms with E-state index in [-0.39, 0.29) is 17.4 Å². The molecule has 1 amide bonds. The first-order chi connectivity index (χ1) is 14.5. The van der Waals surface area contributed by atoms with E-state index in [9.17, 15) is 19.3 Å². The molecule has 8 nitrogen and oxygen atoms in total. The predicted octanol–water partition coefficient (Wildman–Crippen LogP) is 2.88. The third kappa shape index (κ3) is 4.20. The zero-order chi connectivity index (χ0) is 21.1. The van der Waals surface area contributed by atoms with Crippen LogP contribution in [-0.2, 0) is 6.54 Å². The highest BCUT2D eigenvalue weighted by atomic mass is 19.1. The Morgan fingerprint density at radius 2 is 1.83 bits per heavy atom. The number of aromatic nitrogens is 2. The van der Waals surface area contributed by atoms with E-state index in [2.05, 4.69) is 9.88 Å². The maximum absolute atomic E-state index is 13.2. The zero-order valence-electron chi connectivity index (χ0n) is 16.1. The topological polar surface area (TPSA) is 84.5 Å². The van der Waals surface area contributed by atoms with Gasteiger partial charge < -0.3 is 4.90 Å². The highest BCUT2D eigenvalue weighted by molar-refractivity contribution is 5.93. The maximum atomic E-state index is 13.2. The summed E-state index contributed by atoms with van der Waals surface area (Å²) in [5.41, 5.74) is 2.05. The molecule has 0 saturated carbocycles. The van der Waals surface area contributed by atoms with Gasteiger partial charge in [-0.05, 0) is 29.8 Å². The minimum Gasteiger partial charge on any atom is -0.335 e. The molecule has 3 aromatic rings. The second-order valence-electron chi connectivity index (χ2n) is 7.12. The number of imidazole rings is 1. The molecule has 2 heterocycles. The lowest BCUT2D eigenvalue weighted by atomic mass is 10.1. The molecule has 0 bridgehead atoms. The summed E-state index contributed by atoms with van der Waals surface area (Å²) in [4.78, 5) is 31.6. The van der Waals surface area contributed by atoms with Crippen LogP contribution >= 0.6 is 0 Å². The van der Waals surface area contributed by atoms with E-state index in [0.717, 1.165) is 5.56 Å². The second-order valence-corrected chi connectivity index (χ2v) is 7.12. The number of nitro groups is 1. The van der Waals surface area contributed by atoms with Gasteiger partial charge in [0, 0.05) is 50.5 Å². The predicted molar refractivity (Wildman–Crippen MR) is 108 cm³/mol. The average molecular weight is 409 g/mol. The van der Waals surface area contributed by atoms with Gasteiger partial charge >= 0.3 is 0 Å². The van der Waals surface area contributed by atoms with E-state index in [1.54, 1.807) is 40.1 Å². The molecule has 0 radical (unpaired) electrons. The molecular formula is C21H20FN5O3. The SMILES string of the molecule is O=C(c1cncn1-c1ccc(F)cc1)N1CCN(Cc2cccc([N+](=O)[O-])c2)CC1. The Bertz CT molecular complexity index is 1060. The van der Waals surface area contributed by atoms with Crippen molar-refractivity contribution < 1.29 is 14.1 Å². The van der Waals surface area contributed by atoms with Crippen LogP contribution in [0.5, 0.6) is 0 Å². The van der Waals surface area contributed by atoms with Crippen LogP contribution in [0.2, 0.25) is 0 Å². The molecule has 1 aliphatic rings. The third-order valence-electron chi connectivity index (χ3n) is 5.15. The largest absolute Gasteiger partial charge is 0.335 e. The number of rotatable bonds is 5. The Morgan fingerprint density at radius 3 is 2.53 bits per heavy atom. The quantitative estimate of drug-likeness (QED) is 0.478. The van der Waals surface area contributed by atoms with Crippen LogP contribution < -0.4 is 0 Å². The molecular weight excluding hydrogens is 389 g/mol. The van der Waals surface area contributed by atoms with E-state index < -0.39 is 4.92 Å². The van der Waals surface area contributed by atoms with Crippen LogP contribution in [0, 0.1) is 15.9 Å². The number of carbonyl (C=O) groups is 1. The number of nitro benzene ring substituents is 1. The number of amides is 1. The summed E-state index contributed by atoms with van der Waals surface area (Å²) in [5, 5.41) is 10.9. The Morgan fingerprint density at radius 1 is 1.10 bits per heavy atom. The molecule has 0 atom stereocenters. The number of halogens is 1. The molecule has 0 N–H and O–H groups in total. The van der Waals surface area contributed by atoms with Crippen LogP contribution in [-0.4, -0.2) is 56.4 Å². The first-order valence-corrected chi connectivity index (χ1v) is 9.54. The highest BCUT2D eigenvalue weighted by Gasteiger charge is 2.25. The van der Waals surface area contributed by atoms with E-state index in [0.29, 0.717) is 44.1 Å². The van der Waals surface area contributed by atoms with Gasteiger partial charge in [0.15, 0.2) is 0 Å². The van der Waals surface area contributed by atoms with Gasteiger partial charge in [-0.3, -0.25) is 24.4 Å². The fourth-order valence-corrected chi connectivity index (χ4v) is 3.56. The van der Waals surface area contributed by atoms with Crippen LogP contribution in [0.25, 0.3) is 5.69 Å². The summed E-state index contributed by atoms with van der Waals surface area (Å²) in [7, 11) is 0. The molecule has 30 heavy (non-hydrogen) atoms. The van der Waals surface area contributed by atoms with Crippen LogP contribution in [0.15, 0.2) is 61.1 Å². The van der Waals surface area contributed by atoms with Gasteiger partial charge in [0.05, 0.1) is 17.4 Å². The highest BCUT2D eigenvalue weighted by Crippen LogP contribution is 2.18. The fourth-order valence-electron chi connectivity index (χ4n) is 3.56. The average Bonchev–Trinajstić information content (AvgIpc) is 3.24. The monoisotopic (exact) mass is 409 g/mol. The van der Waals surface area contributed by atoms with Crippen LogP contribution in [0.3, 0.4) is 0 Å². The second kappa shape index (κ2) is 8.42. The molecule has 9 heteroatoms.